The van der Waals surface area contributed by atoms with Crippen molar-refractivity contribution in [2.75, 3.05) is 18.0 Å². The van der Waals surface area contributed by atoms with Crippen LogP contribution >= 0.6 is 0 Å². The molecule has 0 spiro atoms. The molecular formula is C16H21N3O. The quantitative estimate of drug-likeness (QED) is 0.832. The summed E-state index contributed by atoms with van der Waals surface area (Å²) in [6.07, 6.45) is 5.70. The molecule has 0 N–H and O–H groups in total. The maximum absolute atomic E-state index is 5.70. The Kier molecular flexibility index (Phi) is 4.00. The third-order valence-corrected chi connectivity index (χ3v) is 3.80. The molecule has 4 heteroatoms. The van der Waals surface area contributed by atoms with Crippen LogP contribution in [0.5, 0.6) is 0 Å². The van der Waals surface area contributed by atoms with Crippen LogP contribution in [0.25, 0.3) is 11.5 Å². The van der Waals surface area contributed by atoms with Crippen molar-refractivity contribution >= 4 is 5.69 Å². The average Bonchev–Trinajstić information content (AvgIpc) is 3.17. The van der Waals surface area contributed by atoms with Crippen LogP contribution in [0.1, 0.15) is 38.5 Å². The van der Waals surface area contributed by atoms with Gasteiger partial charge in [-0.05, 0) is 43.5 Å². The lowest BCUT2D eigenvalue weighted by atomic mass is 10.2. The summed E-state index contributed by atoms with van der Waals surface area (Å²) in [4.78, 5) is 2.42. The lowest BCUT2D eigenvalue weighted by Crippen LogP contribution is -2.17. The summed E-state index contributed by atoms with van der Waals surface area (Å²) in [5.74, 6) is 1.37. The second kappa shape index (κ2) is 6.07. The van der Waals surface area contributed by atoms with E-state index in [2.05, 4.69) is 46.3 Å². The molecule has 0 amide bonds. The zero-order chi connectivity index (χ0) is 13.8. The predicted octanol–water partition coefficient (Wildman–Crippen LogP) is 3.68. The van der Waals surface area contributed by atoms with Crippen molar-refractivity contribution in [3.05, 3.63) is 30.2 Å². The van der Waals surface area contributed by atoms with Gasteiger partial charge in [-0.15, -0.1) is 10.2 Å². The Morgan fingerprint density at radius 3 is 2.55 bits per heavy atom. The van der Waals surface area contributed by atoms with Gasteiger partial charge in [0.25, 0.3) is 0 Å². The van der Waals surface area contributed by atoms with Gasteiger partial charge in [0.15, 0.2) is 0 Å². The Balaban J connectivity index is 1.71. The van der Waals surface area contributed by atoms with E-state index in [1.165, 1.54) is 31.6 Å². The molecule has 1 aromatic carbocycles. The van der Waals surface area contributed by atoms with Gasteiger partial charge in [0.2, 0.25) is 11.8 Å². The fraction of sp³-hybridized carbons (Fsp3) is 0.500. The monoisotopic (exact) mass is 271 g/mol. The van der Waals surface area contributed by atoms with Crippen molar-refractivity contribution in [3.63, 3.8) is 0 Å². The number of hydrogen-bond donors (Lipinski definition) is 0. The van der Waals surface area contributed by atoms with Crippen LogP contribution in [0.4, 0.5) is 5.69 Å². The van der Waals surface area contributed by atoms with Gasteiger partial charge in [0.05, 0.1) is 0 Å². The van der Waals surface area contributed by atoms with Gasteiger partial charge in [0.1, 0.15) is 0 Å². The first-order valence-electron chi connectivity index (χ1n) is 7.54. The molecule has 0 unspecified atom stereocenters. The summed E-state index contributed by atoms with van der Waals surface area (Å²) in [7, 11) is 0. The van der Waals surface area contributed by atoms with E-state index >= 15 is 0 Å². The van der Waals surface area contributed by atoms with Crippen LogP contribution in [0.2, 0.25) is 0 Å². The minimum Gasteiger partial charge on any atom is -0.421 e. The van der Waals surface area contributed by atoms with E-state index in [0.717, 1.165) is 30.7 Å². The molecule has 3 rings (SSSR count). The van der Waals surface area contributed by atoms with Gasteiger partial charge in [-0.1, -0.05) is 13.3 Å². The lowest BCUT2D eigenvalue weighted by Gasteiger charge is -2.17. The molecule has 2 heterocycles. The minimum atomic E-state index is 0.629. The molecule has 1 aliphatic heterocycles. The Morgan fingerprint density at radius 1 is 1.10 bits per heavy atom. The molecular weight excluding hydrogens is 250 g/mol. The number of aromatic nitrogens is 2. The molecule has 1 aliphatic rings. The summed E-state index contributed by atoms with van der Waals surface area (Å²) in [6.45, 7) is 4.50. The summed E-state index contributed by atoms with van der Waals surface area (Å²) >= 11 is 0. The molecule has 106 valence electrons. The van der Waals surface area contributed by atoms with Crippen molar-refractivity contribution in [3.8, 4) is 11.5 Å². The van der Waals surface area contributed by atoms with Crippen LogP contribution in [-0.4, -0.2) is 23.3 Å². The number of aryl methyl sites for hydroxylation is 1. The number of anilines is 1. The maximum Gasteiger partial charge on any atom is 0.247 e. The fourth-order valence-corrected chi connectivity index (χ4v) is 2.59. The molecule has 2 aromatic rings. The molecule has 0 bridgehead atoms. The molecule has 0 radical (unpaired) electrons. The third-order valence-electron chi connectivity index (χ3n) is 3.80. The van der Waals surface area contributed by atoms with Gasteiger partial charge in [-0.3, -0.25) is 0 Å². The van der Waals surface area contributed by atoms with E-state index in [4.69, 9.17) is 4.42 Å². The Bertz CT molecular complexity index is 541. The second-order valence-corrected chi connectivity index (χ2v) is 5.35. The van der Waals surface area contributed by atoms with E-state index in [1.54, 1.807) is 0 Å². The van der Waals surface area contributed by atoms with E-state index in [-0.39, 0.29) is 0 Å². The summed E-state index contributed by atoms with van der Waals surface area (Å²) in [6, 6.07) is 8.45. The minimum absolute atomic E-state index is 0.629. The first kappa shape index (κ1) is 13.2. The molecule has 20 heavy (non-hydrogen) atoms. The first-order chi connectivity index (χ1) is 9.86. The van der Waals surface area contributed by atoms with Gasteiger partial charge >= 0.3 is 0 Å². The molecule has 0 atom stereocenters. The first-order valence-corrected chi connectivity index (χ1v) is 7.54. The third kappa shape index (κ3) is 2.84. The highest BCUT2D eigenvalue weighted by atomic mass is 16.4. The highest BCUT2D eigenvalue weighted by Gasteiger charge is 2.13. The van der Waals surface area contributed by atoms with E-state index < -0.39 is 0 Å². The van der Waals surface area contributed by atoms with Crippen molar-refractivity contribution in [2.24, 2.45) is 0 Å². The van der Waals surface area contributed by atoms with Crippen LogP contribution in [0.3, 0.4) is 0 Å². The number of benzene rings is 1. The summed E-state index contributed by atoms with van der Waals surface area (Å²) in [5.41, 5.74) is 2.29. The van der Waals surface area contributed by atoms with Crippen molar-refractivity contribution < 1.29 is 4.42 Å². The lowest BCUT2D eigenvalue weighted by molar-refractivity contribution is 0.496. The van der Waals surface area contributed by atoms with Crippen LogP contribution in [0.15, 0.2) is 28.7 Å². The van der Waals surface area contributed by atoms with Crippen molar-refractivity contribution in [2.45, 2.75) is 39.0 Å². The Hall–Kier alpha value is -1.84. The van der Waals surface area contributed by atoms with Crippen LogP contribution < -0.4 is 4.90 Å². The predicted molar refractivity (Wildman–Crippen MR) is 79.8 cm³/mol. The maximum atomic E-state index is 5.70. The molecule has 0 saturated carbocycles. The SMILES string of the molecule is CCCCc1nnc(-c2ccc(N3CCCC3)cc2)o1. The smallest absolute Gasteiger partial charge is 0.247 e. The Morgan fingerprint density at radius 2 is 1.85 bits per heavy atom. The molecule has 0 aliphatic carbocycles. The van der Waals surface area contributed by atoms with Gasteiger partial charge in [-0.2, -0.15) is 0 Å². The van der Waals surface area contributed by atoms with E-state index in [9.17, 15) is 0 Å². The van der Waals surface area contributed by atoms with E-state index in [0.29, 0.717) is 5.89 Å². The standard InChI is InChI=1S/C16H21N3O/c1-2-3-6-15-17-18-16(20-15)13-7-9-14(10-8-13)19-11-4-5-12-19/h7-10H,2-6,11-12H2,1H3. The topological polar surface area (TPSA) is 42.2 Å². The van der Waals surface area contributed by atoms with Gasteiger partial charge in [-0.25, -0.2) is 0 Å². The zero-order valence-corrected chi connectivity index (χ0v) is 12.0. The summed E-state index contributed by atoms with van der Waals surface area (Å²) in [5, 5.41) is 8.24. The summed E-state index contributed by atoms with van der Waals surface area (Å²) < 4.78 is 5.70. The van der Waals surface area contributed by atoms with Crippen LogP contribution in [-0.2, 0) is 6.42 Å². The zero-order valence-electron chi connectivity index (χ0n) is 12.0. The largest absolute Gasteiger partial charge is 0.421 e. The van der Waals surface area contributed by atoms with E-state index in [1.807, 2.05) is 0 Å². The van der Waals surface area contributed by atoms with Crippen LogP contribution in [0, 0.1) is 0 Å². The fourth-order valence-electron chi connectivity index (χ4n) is 2.59. The highest BCUT2D eigenvalue weighted by molar-refractivity contribution is 5.59. The molecule has 4 nitrogen and oxygen atoms in total. The number of hydrogen-bond acceptors (Lipinski definition) is 4. The second-order valence-electron chi connectivity index (χ2n) is 5.35. The Labute approximate surface area is 119 Å². The van der Waals surface area contributed by atoms with Gasteiger partial charge in [0, 0.05) is 30.8 Å². The molecule has 1 fully saturated rings. The normalized spacial score (nSPS) is 14.9. The van der Waals surface area contributed by atoms with Crippen molar-refractivity contribution in [1.82, 2.24) is 10.2 Å². The van der Waals surface area contributed by atoms with Gasteiger partial charge < -0.3 is 9.32 Å². The average molecular weight is 271 g/mol. The number of nitrogens with zero attached hydrogens (tertiary/aromatic N) is 3. The molecule has 1 aromatic heterocycles. The number of unbranched alkanes of at least 4 members (excludes halogenated alkanes) is 1. The number of rotatable bonds is 5. The molecule has 1 saturated heterocycles. The van der Waals surface area contributed by atoms with Crippen molar-refractivity contribution in [1.29, 1.82) is 0 Å². The highest BCUT2D eigenvalue weighted by Crippen LogP contribution is 2.24.